The van der Waals surface area contributed by atoms with E-state index in [0.717, 1.165) is 16.0 Å². The van der Waals surface area contributed by atoms with E-state index in [-0.39, 0.29) is 18.8 Å². The Labute approximate surface area is 172 Å². The number of nitrogens with zero attached hydrogens (tertiary/aromatic N) is 5. The number of quaternary nitrogens is 1. The van der Waals surface area contributed by atoms with Crippen LogP contribution in [-0.2, 0) is 0 Å². The van der Waals surface area contributed by atoms with E-state index >= 15 is 0 Å². The van der Waals surface area contributed by atoms with Crippen LogP contribution in [0, 0.1) is 10.1 Å². The number of aliphatic hydroxyl groups is 1. The summed E-state index contributed by atoms with van der Waals surface area (Å²) >= 11 is 0. The number of likely N-dealkylation sites (N-methyl/N-ethyl adjacent to an activating group) is 1. The smallest absolute Gasteiger partial charge is 0.363 e. The Bertz CT molecular complexity index is 943. The van der Waals surface area contributed by atoms with Gasteiger partial charge in [-0.25, -0.2) is 14.8 Å². The third-order valence-corrected chi connectivity index (χ3v) is 3.81. The summed E-state index contributed by atoms with van der Waals surface area (Å²) in [6.45, 7) is 0.925. The zero-order chi connectivity index (χ0) is 22.3. The highest BCUT2D eigenvalue weighted by Gasteiger charge is 2.17. The Morgan fingerprint density at radius 3 is 2.40 bits per heavy atom. The van der Waals surface area contributed by atoms with Crippen molar-refractivity contribution in [3.63, 3.8) is 0 Å². The van der Waals surface area contributed by atoms with Crippen LogP contribution in [0.5, 0.6) is 0 Å². The Morgan fingerprint density at radius 2 is 1.93 bits per heavy atom. The van der Waals surface area contributed by atoms with Crippen molar-refractivity contribution in [1.82, 2.24) is 5.01 Å². The van der Waals surface area contributed by atoms with Crippen LogP contribution in [0.3, 0.4) is 0 Å². The molecule has 160 valence electrons. The molecule has 11 nitrogen and oxygen atoms in total. The molecule has 0 aliphatic carbocycles. The molecule has 1 aliphatic rings. The number of amides is 2. The van der Waals surface area contributed by atoms with Crippen molar-refractivity contribution < 1.29 is 28.8 Å². The molecule has 2 heterocycles. The third-order valence-electron chi connectivity index (χ3n) is 3.81. The number of hydrogen-bond donors (Lipinski definition) is 1. The molecular formula is C19H23N5O6. The number of aliphatic imine (C=N–C) groups is 1. The van der Waals surface area contributed by atoms with Crippen molar-refractivity contribution in [1.29, 1.82) is 0 Å². The number of rotatable bonds is 6. The van der Waals surface area contributed by atoms with E-state index in [2.05, 4.69) is 31.2 Å². The number of non-ortho nitro benzene ring substituents is 1. The van der Waals surface area contributed by atoms with E-state index in [4.69, 9.17) is 9.52 Å². The fraction of sp³-hybridized carbons (Fsp3) is 0.316. The van der Waals surface area contributed by atoms with Crippen LogP contribution in [0.1, 0.15) is 5.76 Å². The predicted molar refractivity (Wildman–Crippen MR) is 108 cm³/mol. The Morgan fingerprint density at radius 1 is 1.27 bits per heavy atom. The normalized spacial score (nSPS) is 13.9. The van der Waals surface area contributed by atoms with Crippen molar-refractivity contribution in [3.05, 3.63) is 52.3 Å². The highest BCUT2D eigenvalue weighted by molar-refractivity contribution is 5.96. The summed E-state index contributed by atoms with van der Waals surface area (Å²) in [6, 6.07) is 8.47. The molecule has 1 aromatic heterocycles. The van der Waals surface area contributed by atoms with Gasteiger partial charge in [0.25, 0.3) is 5.69 Å². The van der Waals surface area contributed by atoms with Crippen molar-refractivity contribution in [2.24, 2.45) is 10.1 Å². The Kier molecular flexibility index (Phi) is 7.39. The van der Waals surface area contributed by atoms with Crippen LogP contribution >= 0.6 is 0 Å². The second kappa shape index (κ2) is 9.76. The van der Waals surface area contributed by atoms with E-state index in [9.17, 15) is 20.0 Å². The summed E-state index contributed by atoms with van der Waals surface area (Å²) in [5, 5.41) is 34.7. The first kappa shape index (κ1) is 22.7. The van der Waals surface area contributed by atoms with Crippen molar-refractivity contribution in [2.45, 2.75) is 0 Å². The topological polar surface area (TPSA) is 145 Å². The molecule has 11 heteroatoms. The number of aliphatic hydroxyl groups excluding tert-OH is 1. The highest BCUT2D eigenvalue weighted by atomic mass is 16.6. The molecule has 1 aliphatic heterocycles. The number of hydrogen-bond acceptors (Lipinski definition) is 7. The first-order valence-corrected chi connectivity index (χ1v) is 8.95. The van der Waals surface area contributed by atoms with E-state index in [1.165, 1.54) is 18.3 Å². The maximum atomic E-state index is 11.3. The third kappa shape index (κ3) is 6.79. The Hall–Kier alpha value is -3.57. The fourth-order valence-corrected chi connectivity index (χ4v) is 2.24. The van der Waals surface area contributed by atoms with Gasteiger partial charge in [0.2, 0.25) is 0 Å². The molecule has 0 bridgehead atoms. The molecule has 1 N–H and O–H groups in total. The molecule has 1 aromatic carbocycles. The number of benzene rings is 1. The van der Waals surface area contributed by atoms with Crippen molar-refractivity contribution >= 4 is 23.8 Å². The lowest BCUT2D eigenvalue weighted by Gasteiger charge is -2.21. The largest absolute Gasteiger partial charge is 0.860 e. The van der Waals surface area contributed by atoms with E-state index in [1.54, 1.807) is 24.3 Å². The molecule has 0 atom stereocenters. The lowest BCUT2D eigenvalue weighted by molar-refractivity contribution is -0.870. The van der Waals surface area contributed by atoms with Gasteiger partial charge in [-0.05, 0) is 30.2 Å². The van der Waals surface area contributed by atoms with Crippen LogP contribution in [0.2, 0.25) is 0 Å². The van der Waals surface area contributed by atoms with Crippen LogP contribution < -0.4 is 5.11 Å². The van der Waals surface area contributed by atoms with Gasteiger partial charge in [-0.3, -0.25) is 10.1 Å². The lowest BCUT2D eigenvalue weighted by atomic mass is 10.1. The van der Waals surface area contributed by atoms with Gasteiger partial charge in [-0.1, -0.05) is 0 Å². The van der Waals surface area contributed by atoms with Gasteiger partial charge in [-0.15, -0.1) is 0 Å². The van der Waals surface area contributed by atoms with Crippen LogP contribution in [0.4, 0.5) is 10.5 Å². The minimum Gasteiger partial charge on any atom is -0.860 e. The average molecular weight is 417 g/mol. The predicted octanol–water partition coefficient (Wildman–Crippen LogP) is 1.07. The van der Waals surface area contributed by atoms with Gasteiger partial charge in [-0.2, -0.15) is 5.10 Å². The van der Waals surface area contributed by atoms with Gasteiger partial charge in [0.1, 0.15) is 18.1 Å². The fourth-order valence-electron chi connectivity index (χ4n) is 2.24. The zero-order valence-electron chi connectivity index (χ0n) is 16.9. The number of nitro benzene ring substituents is 1. The first-order chi connectivity index (χ1) is 14.1. The maximum Gasteiger partial charge on any atom is 0.363 e. The highest BCUT2D eigenvalue weighted by Crippen LogP contribution is 2.24. The number of urea groups is 1. The van der Waals surface area contributed by atoms with Crippen molar-refractivity contribution in [3.8, 4) is 11.3 Å². The number of carbonyl (C=O) groups excluding carboxylic acids is 1. The van der Waals surface area contributed by atoms with Crippen molar-refractivity contribution in [2.75, 3.05) is 40.8 Å². The lowest BCUT2D eigenvalue weighted by Crippen LogP contribution is -2.36. The second-order valence-electron chi connectivity index (χ2n) is 7.33. The molecule has 3 rings (SSSR count). The molecule has 0 unspecified atom stereocenters. The number of carbonyl (C=O) groups is 1. The molecule has 0 radical (unpaired) electrons. The zero-order valence-corrected chi connectivity index (χ0v) is 16.9. The van der Waals surface area contributed by atoms with Gasteiger partial charge < -0.3 is 19.1 Å². The molecule has 2 aromatic rings. The molecule has 0 saturated heterocycles. The first-order valence-electron chi connectivity index (χ1n) is 8.95. The quantitative estimate of drug-likeness (QED) is 0.322. The number of furan rings is 1. The monoisotopic (exact) mass is 417 g/mol. The summed E-state index contributed by atoms with van der Waals surface area (Å²) in [7, 11) is 6.16. The summed E-state index contributed by atoms with van der Waals surface area (Å²) in [4.78, 5) is 24.6. The second-order valence-corrected chi connectivity index (χ2v) is 7.33. The maximum absolute atomic E-state index is 11.3. The van der Waals surface area contributed by atoms with Crippen LogP contribution in [0.25, 0.3) is 11.3 Å². The van der Waals surface area contributed by atoms with E-state index in [0.29, 0.717) is 17.1 Å². The SMILES string of the molecule is C[N+](C)(C)CCO.O=C1N=C([O-])CN1/N=C/c1ccc(-c2ccc([N+](=O)[O-])cc2)o1. The summed E-state index contributed by atoms with van der Waals surface area (Å²) in [6.07, 6.45) is 1.29. The van der Waals surface area contributed by atoms with Crippen LogP contribution in [0.15, 0.2) is 50.9 Å². The molecule has 0 spiro atoms. The molecule has 0 fully saturated rings. The molecule has 2 amide bonds. The van der Waals surface area contributed by atoms with E-state index < -0.39 is 16.9 Å². The standard InChI is InChI=1S/C14H10N4O5.C5H14NO/c19-13-8-17(14(20)16-13)15-7-11-5-6-12(23-11)9-1-3-10(4-2-9)18(21)22;1-6(2,3)4-5-7/h1-7H,8H2,(H,16,19,20);7H,4-5H2,1-3H3/q;+1/p-1/b15-7+;. The summed E-state index contributed by atoms with van der Waals surface area (Å²) in [5.74, 6) is 0.318. The molecular weight excluding hydrogens is 394 g/mol. The molecule has 30 heavy (non-hydrogen) atoms. The van der Waals surface area contributed by atoms with Gasteiger partial charge in [0.05, 0.1) is 45.4 Å². The summed E-state index contributed by atoms with van der Waals surface area (Å²) < 4.78 is 6.36. The molecule has 0 saturated carbocycles. The van der Waals surface area contributed by atoms with Gasteiger partial charge in [0.15, 0.2) is 0 Å². The number of nitro groups is 1. The van der Waals surface area contributed by atoms with E-state index in [1.807, 2.05) is 0 Å². The van der Waals surface area contributed by atoms with Crippen LogP contribution in [-0.4, -0.2) is 78.5 Å². The van der Waals surface area contributed by atoms with Gasteiger partial charge >= 0.3 is 6.03 Å². The number of hydrazone groups is 1. The Balaban J connectivity index is 0.000000396. The van der Waals surface area contributed by atoms with Gasteiger partial charge in [0, 0.05) is 17.7 Å². The minimum atomic E-state index is -0.714. The average Bonchev–Trinajstić information content (AvgIpc) is 3.25. The summed E-state index contributed by atoms with van der Waals surface area (Å²) in [5.41, 5.74) is 0.653. The minimum absolute atomic E-state index is 0.0111.